The predicted molar refractivity (Wildman–Crippen MR) is 121 cm³/mol. The summed E-state index contributed by atoms with van der Waals surface area (Å²) < 4.78 is 5.22. The molecule has 7 heteroatoms. The van der Waals surface area contributed by atoms with E-state index in [1.807, 2.05) is 24.3 Å². The van der Waals surface area contributed by atoms with E-state index in [0.29, 0.717) is 22.7 Å². The van der Waals surface area contributed by atoms with Crippen molar-refractivity contribution in [2.45, 2.75) is 57.3 Å². The summed E-state index contributed by atoms with van der Waals surface area (Å²) in [5.41, 5.74) is 7.81. The molecule has 170 valence electrons. The second-order valence-corrected chi connectivity index (χ2v) is 9.87. The second-order valence-electron chi connectivity index (χ2n) is 9.87. The highest BCUT2D eigenvalue weighted by molar-refractivity contribution is 5.97. The number of nitrogens with zero attached hydrogens (tertiary/aromatic N) is 1. The highest BCUT2D eigenvalue weighted by Gasteiger charge is 2.60. The molecule has 3 aliphatic rings. The lowest BCUT2D eigenvalue weighted by molar-refractivity contribution is -0.123. The largest absolute Gasteiger partial charge is 0.497 e. The number of aromatic amines is 1. The number of hydrogen-bond acceptors (Lipinski definition) is 4. The van der Waals surface area contributed by atoms with E-state index in [1.165, 1.54) is 19.3 Å². The van der Waals surface area contributed by atoms with Crippen molar-refractivity contribution >= 4 is 11.8 Å². The smallest absolute Gasteiger partial charge is 0.267 e. The Morgan fingerprint density at radius 3 is 2.47 bits per heavy atom. The summed E-state index contributed by atoms with van der Waals surface area (Å²) in [6.07, 6.45) is 8.94. The zero-order valence-corrected chi connectivity index (χ0v) is 18.7. The fourth-order valence-electron chi connectivity index (χ4n) is 5.63. The van der Waals surface area contributed by atoms with Crippen molar-refractivity contribution in [3.05, 3.63) is 35.8 Å². The van der Waals surface area contributed by atoms with Gasteiger partial charge in [0.15, 0.2) is 0 Å². The van der Waals surface area contributed by atoms with Gasteiger partial charge in [-0.2, -0.15) is 0 Å². The van der Waals surface area contributed by atoms with E-state index in [2.05, 4.69) is 10.3 Å². The molecule has 1 aromatic carbocycles. The number of carbonyl (C=O) groups is 2. The van der Waals surface area contributed by atoms with Crippen molar-refractivity contribution in [2.75, 3.05) is 13.7 Å². The Balaban J connectivity index is 1.19. The summed E-state index contributed by atoms with van der Waals surface area (Å²) >= 11 is 0. The fraction of sp³-hybridized carbons (Fsp3) is 0.560. The topological polar surface area (TPSA) is 110 Å². The normalized spacial score (nSPS) is 25.7. The number of rotatable bonds is 7. The van der Waals surface area contributed by atoms with E-state index < -0.39 is 5.91 Å². The van der Waals surface area contributed by atoms with Gasteiger partial charge < -0.3 is 20.8 Å². The third kappa shape index (κ3) is 3.89. The van der Waals surface area contributed by atoms with E-state index in [-0.39, 0.29) is 17.7 Å². The minimum absolute atomic E-state index is 0.271. The van der Waals surface area contributed by atoms with Gasteiger partial charge in [0.1, 0.15) is 23.0 Å². The lowest BCUT2D eigenvalue weighted by Crippen LogP contribution is -2.34. The van der Waals surface area contributed by atoms with Crippen LogP contribution in [0, 0.1) is 17.3 Å². The molecule has 3 fully saturated rings. The summed E-state index contributed by atoms with van der Waals surface area (Å²) in [7, 11) is 1.62. The van der Waals surface area contributed by atoms with E-state index >= 15 is 0 Å². The van der Waals surface area contributed by atoms with E-state index in [1.54, 1.807) is 7.11 Å². The molecule has 2 aromatic rings. The van der Waals surface area contributed by atoms with Gasteiger partial charge in [-0.15, -0.1) is 0 Å². The van der Waals surface area contributed by atoms with Gasteiger partial charge in [-0.25, -0.2) is 4.98 Å². The number of primary amides is 1. The first kappa shape index (κ1) is 21.0. The molecule has 0 bridgehead atoms. The Kier molecular flexibility index (Phi) is 5.43. The molecular formula is C25H32N4O3. The Morgan fingerprint density at radius 2 is 1.91 bits per heavy atom. The van der Waals surface area contributed by atoms with Crippen LogP contribution < -0.4 is 15.8 Å². The first-order valence-corrected chi connectivity index (χ1v) is 11.8. The summed E-state index contributed by atoms with van der Waals surface area (Å²) in [5, 5.41) is 3.22. The Morgan fingerprint density at radius 1 is 1.19 bits per heavy atom. The molecule has 0 saturated heterocycles. The number of ether oxygens (including phenoxy) is 1. The number of carbonyl (C=O) groups excluding carboxylic acids is 2. The number of nitrogens with one attached hydrogen (secondary N) is 2. The lowest BCUT2D eigenvalue weighted by atomic mass is 9.79. The molecule has 0 unspecified atom stereocenters. The fourth-order valence-corrected chi connectivity index (χ4v) is 5.63. The van der Waals surface area contributed by atoms with Crippen LogP contribution >= 0.6 is 0 Å². The minimum atomic E-state index is -0.504. The monoisotopic (exact) mass is 436 g/mol. The average molecular weight is 437 g/mol. The molecule has 0 aliphatic heterocycles. The standard InChI is InChI=1S/C25H32N4O3/c1-32-18-9-7-16(8-10-18)20-21(22(26)30)29-23(28-20)17-5-3-15(4-6-17)14-27-24(31)19-13-25(19)11-2-12-25/h7-10,15,17,19H,2-6,11-14H2,1H3,(H2,26,30)(H,27,31)(H,28,29)/t15?,17?,19-/m0/s1. The number of H-pyrrole nitrogens is 1. The van der Waals surface area contributed by atoms with Crippen LogP contribution in [0.5, 0.6) is 5.75 Å². The molecule has 5 rings (SSSR count). The number of nitrogens with two attached hydrogens (primary N) is 1. The zero-order chi connectivity index (χ0) is 22.3. The van der Waals surface area contributed by atoms with Gasteiger partial charge in [0.25, 0.3) is 5.91 Å². The molecule has 2 amide bonds. The Labute approximate surface area is 188 Å². The van der Waals surface area contributed by atoms with Gasteiger partial charge in [0.05, 0.1) is 7.11 Å². The molecule has 3 saturated carbocycles. The third-order valence-electron chi connectivity index (χ3n) is 7.99. The molecule has 1 spiro atoms. The van der Waals surface area contributed by atoms with E-state index in [4.69, 9.17) is 15.5 Å². The van der Waals surface area contributed by atoms with Crippen LogP contribution in [0.25, 0.3) is 11.3 Å². The molecule has 7 nitrogen and oxygen atoms in total. The van der Waals surface area contributed by atoms with E-state index in [0.717, 1.165) is 55.8 Å². The predicted octanol–water partition coefficient (Wildman–Crippen LogP) is 3.76. The van der Waals surface area contributed by atoms with Gasteiger partial charge in [-0.3, -0.25) is 9.59 Å². The number of methoxy groups -OCH3 is 1. The van der Waals surface area contributed by atoms with Crippen molar-refractivity contribution in [3.8, 4) is 17.0 Å². The van der Waals surface area contributed by atoms with E-state index in [9.17, 15) is 9.59 Å². The molecule has 3 aliphatic carbocycles. The van der Waals surface area contributed by atoms with Crippen LogP contribution in [0.4, 0.5) is 0 Å². The molecule has 1 heterocycles. The maximum absolute atomic E-state index is 12.4. The first-order chi connectivity index (χ1) is 15.5. The molecule has 0 radical (unpaired) electrons. The molecular weight excluding hydrogens is 404 g/mol. The van der Waals surface area contributed by atoms with Gasteiger partial charge in [-0.05, 0) is 80.5 Å². The molecule has 1 aromatic heterocycles. The first-order valence-electron chi connectivity index (χ1n) is 11.8. The summed E-state index contributed by atoms with van der Waals surface area (Å²) in [5.74, 6) is 2.41. The number of imidazole rings is 1. The Hall–Kier alpha value is -2.83. The summed E-state index contributed by atoms with van der Waals surface area (Å²) in [6, 6.07) is 7.47. The van der Waals surface area contributed by atoms with Crippen LogP contribution in [0.2, 0.25) is 0 Å². The molecule has 32 heavy (non-hydrogen) atoms. The minimum Gasteiger partial charge on any atom is -0.497 e. The highest BCUT2D eigenvalue weighted by Crippen LogP contribution is 2.65. The maximum atomic E-state index is 12.4. The molecule has 1 atom stereocenters. The van der Waals surface area contributed by atoms with Crippen molar-refractivity contribution < 1.29 is 14.3 Å². The quantitative estimate of drug-likeness (QED) is 0.614. The van der Waals surface area contributed by atoms with Crippen molar-refractivity contribution in [1.82, 2.24) is 15.3 Å². The van der Waals surface area contributed by atoms with Crippen LogP contribution in [0.15, 0.2) is 24.3 Å². The second kappa shape index (κ2) is 8.26. The highest BCUT2D eigenvalue weighted by atomic mass is 16.5. The van der Waals surface area contributed by atoms with Crippen molar-refractivity contribution in [1.29, 1.82) is 0 Å². The number of hydrogen-bond donors (Lipinski definition) is 3. The lowest BCUT2D eigenvalue weighted by Gasteiger charge is -2.28. The van der Waals surface area contributed by atoms with Crippen LogP contribution in [0.3, 0.4) is 0 Å². The number of amides is 2. The van der Waals surface area contributed by atoms with Crippen LogP contribution in [0.1, 0.15) is 73.6 Å². The van der Waals surface area contributed by atoms with Gasteiger partial charge in [0.2, 0.25) is 5.91 Å². The summed E-state index contributed by atoms with van der Waals surface area (Å²) in [4.78, 5) is 32.5. The van der Waals surface area contributed by atoms with Crippen LogP contribution in [-0.2, 0) is 4.79 Å². The van der Waals surface area contributed by atoms with Gasteiger partial charge in [0, 0.05) is 23.9 Å². The Bertz CT molecular complexity index is 1000. The number of benzene rings is 1. The average Bonchev–Trinajstić information content (AvgIpc) is 3.42. The molecule has 4 N–H and O–H groups in total. The van der Waals surface area contributed by atoms with Gasteiger partial charge >= 0.3 is 0 Å². The van der Waals surface area contributed by atoms with Crippen molar-refractivity contribution in [2.24, 2.45) is 23.0 Å². The third-order valence-corrected chi connectivity index (χ3v) is 7.99. The van der Waals surface area contributed by atoms with Crippen molar-refractivity contribution in [3.63, 3.8) is 0 Å². The van der Waals surface area contributed by atoms with Crippen LogP contribution in [-0.4, -0.2) is 35.4 Å². The maximum Gasteiger partial charge on any atom is 0.267 e. The summed E-state index contributed by atoms with van der Waals surface area (Å²) in [6.45, 7) is 0.778. The zero-order valence-electron chi connectivity index (χ0n) is 18.7. The van der Waals surface area contributed by atoms with Gasteiger partial charge in [-0.1, -0.05) is 6.42 Å². The number of aromatic nitrogens is 2. The SMILES string of the molecule is COc1ccc(-c2nc(C3CCC(CNC(=O)[C@@H]4CC45CCC5)CC3)[nH]c2C(N)=O)cc1.